The molecular formula is C12H12Cl2NO3-. The van der Waals surface area contributed by atoms with Crippen LogP contribution in [0.3, 0.4) is 0 Å². The maximum absolute atomic E-state index is 11.1. The Bertz CT molecular complexity index is 475. The van der Waals surface area contributed by atoms with E-state index < -0.39 is 6.09 Å². The highest BCUT2D eigenvalue weighted by molar-refractivity contribution is 6.36. The summed E-state index contributed by atoms with van der Waals surface area (Å²) in [7, 11) is 0. The molecule has 1 aromatic carbocycles. The Morgan fingerprint density at radius 3 is 2.61 bits per heavy atom. The fourth-order valence-corrected chi connectivity index (χ4v) is 1.81. The highest BCUT2D eigenvalue weighted by Crippen LogP contribution is 2.34. The summed E-state index contributed by atoms with van der Waals surface area (Å²) in [5.41, 5.74) is 0.814. The molecule has 0 spiro atoms. The molecule has 0 unspecified atom stereocenters. The molecule has 0 aliphatic rings. The monoisotopic (exact) mass is 288 g/mol. The van der Waals surface area contributed by atoms with E-state index in [1.165, 1.54) is 18.5 Å². The van der Waals surface area contributed by atoms with Gasteiger partial charge >= 0.3 is 0 Å². The van der Waals surface area contributed by atoms with Crippen molar-refractivity contribution in [1.82, 2.24) is 0 Å². The molecule has 1 rings (SSSR count). The van der Waals surface area contributed by atoms with E-state index in [9.17, 15) is 9.90 Å². The van der Waals surface area contributed by atoms with Gasteiger partial charge in [-0.1, -0.05) is 23.2 Å². The van der Waals surface area contributed by atoms with Crippen molar-refractivity contribution in [3.8, 4) is 0 Å². The second kappa shape index (κ2) is 6.52. The van der Waals surface area contributed by atoms with Crippen LogP contribution in [0.1, 0.15) is 12.5 Å². The molecule has 98 valence electrons. The fourth-order valence-electron chi connectivity index (χ4n) is 1.37. The van der Waals surface area contributed by atoms with Crippen molar-refractivity contribution in [2.45, 2.75) is 13.8 Å². The van der Waals surface area contributed by atoms with Gasteiger partial charge in [-0.25, -0.2) is 0 Å². The molecular weight excluding hydrogens is 277 g/mol. The molecule has 0 N–H and O–H groups in total. The van der Waals surface area contributed by atoms with Crippen molar-refractivity contribution in [1.29, 1.82) is 0 Å². The Kier molecular flexibility index (Phi) is 5.31. The van der Waals surface area contributed by atoms with Crippen molar-refractivity contribution in [2.75, 3.05) is 11.5 Å². The van der Waals surface area contributed by atoms with Gasteiger partial charge in [0.05, 0.1) is 23.6 Å². The summed E-state index contributed by atoms with van der Waals surface area (Å²) in [5.74, 6) is 0. The van der Waals surface area contributed by atoms with Crippen LogP contribution in [0.4, 0.5) is 10.5 Å². The second-order valence-corrected chi connectivity index (χ2v) is 4.19. The molecule has 0 saturated heterocycles. The average Bonchev–Trinajstić information content (AvgIpc) is 2.32. The molecule has 18 heavy (non-hydrogen) atoms. The summed E-state index contributed by atoms with van der Waals surface area (Å²) in [6, 6.07) is 3.12. The molecule has 0 atom stereocenters. The normalized spacial score (nSPS) is 10.7. The van der Waals surface area contributed by atoms with Crippen molar-refractivity contribution in [2.24, 2.45) is 0 Å². The molecule has 0 aromatic heterocycles. The van der Waals surface area contributed by atoms with Gasteiger partial charge in [-0.3, -0.25) is 4.90 Å². The minimum atomic E-state index is -1.42. The molecule has 0 aliphatic heterocycles. The molecule has 0 aliphatic carbocycles. The Morgan fingerprint density at radius 2 is 2.06 bits per heavy atom. The number of amides is 1. The molecule has 0 saturated carbocycles. The zero-order chi connectivity index (χ0) is 13.7. The first-order valence-electron chi connectivity index (χ1n) is 5.22. The van der Waals surface area contributed by atoms with E-state index in [4.69, 9.17) is 27.9 Å². The second-order valence-electron chi connectivity index (χ2n) is 3.38. The zero-order valence-electron chi connectivity index (χ0n) is 9.94. The van der Waals surface area contributed by atoms with Crippen LogP contribution in [0.15, 0.2) is 24.6 Å². The quantitative estimate of drug-likeness (QED) is 0.801. The number of halogens is 2. The van der Waals surface area contributed by atoms with Gasteiger partial charge in [0.2, 0.25) is 0 Å². The van der Waals surface area contributed by atoms with Gasteiger partial charge in [-0.05, 0) is 31.5 Å². The number of carboxylic acid groups (broad SMARTS) is 1. The van der Waals surface area contributed by atoms with Gasteiger partial charge in [0.15, 0.2) is 0 Å². The maximum Gasteiger partial charge on any atom is 0.146 e. The van der Waals surface area contributed by atoms with Gasteiger partial charge in [-0.15, -0.1) is 0 Å². The number of carbonyl (C=O) groups excluding carboxylic acids is 1. The fraction of sp³-hybridized carbons (Fsp3) is 0.250. The Hall–Kier alpha value is -1.39. The van der Waals surface area contributed by atoms with Crippen LogP contribution in [0, 0.1) is 6.92 Å². The third kappa shape index (κ3) is 3.31. The topological polar surface area (TPSA) is 52.6 Å². The lowest BCUT2D eigenvalue weighted by molar-refractivity contribution is -0.245. The van der Waals surface area contributed by atoms with Crippen molar-refractivity contribution in [3.05, 3.63) is 40.2 Å². The zero-order valence-corrected chi connectivity index (χ0v) is 11.5. The summed E-state index contributed by atoms with van der Waals surface area (Å²) in [5, 5.41) is 11.8. The van der Waals surface area contributed by atoms with Crippen LogP contribution in [-0.2, 0) is 4.74 Å². The molecule has 0 radical (unpaired) electrons. The van der Waals surface area contributed by atoms with E-state index >= 15 is 0 Å². The predicted molar refractivity (Wildman–Crippen MR) is 69.8 cm³/mol. The van der Waals surface area contributed by atoms with Crippen LogP contribution < -0.4 is 10.0 Å². The van der Waals surface area contributed by atoms with E-state index in [0.29, 0.717) is 17.2 Å². The van der Waals surface area contributed by atoms with Gasteiger partial charge in [0.1, 0.15) is 6.09 Å². The van der Waals surface area contributed by atoms with Crippen LogP contribution in [0.25, 0.3) is 0 Å². The number of hydrogen-bond donors (Lipinski definition) is 0. The largest absolute Gasteiger partial charge is 0.529 e. The number of nitrogens with zero attached hydrogens (tertiary/aromatic N) is 1. The van der Waals surface area contributed by atoms with Crippen LogP contribution in [-0.4, -0.2) is 12.7 Å². The molecule has 1 amide bonds. The third-order valence-corrected chi connectivity index (χ3v) is 2.94. The highest BCUT2D eigenvalue weighted by atomic mass is 35.5. The Morgan fingerprint density at radius 1 is 1.44 bits per heavy atom. The van der Waals surface area contributed by atoms with Crippen molar-refractivity contribution >= 4 is 35.0 Å². The number of rotatable bonds is 4. The summed E-state index contributed by atoms with van der Waals surface area (Å²) >= 11 is 11.9. The Balaban J connectivity index is 3.22. The molecule has 1 aromatic rings. The predicted octanol–water partition coefficient (Wildman–Crippen LogP) is 2.96. The summed E-state index contributed by atoms with van der Waals surface area (Å²) in [4.78, 5) is 12.0. The first-order valence-corrected chi connectivity index (χ1v) is 5.97. The lowest BCUT2D eigenvalue weighted by Gasteiger charge is -2.24. The standard InChI is InChI=1S/C12H13Cl2NO3/c1-3-18-7-6-15(12(16)17)11-8(2)9(13)4-5-10(11)14/h4-7H,3H2,1-2H3,(H,16,17)/p-1/b7-6+. The number of carbonyl (C=O) groups is 1. The Labute approximate surface area is 115 Å². The molecule has 0 fully saturated rings. The lowest BCUT2D eigenvalue weighted by Crippen LogP contribution is -2.38. The SMILES string of the molecule is CCO/C=C/N(C(=O)[O-])c1c(Cl)ccc(Cl)c1C. The number of anilines is 1. The van der Waals surface area contributed by atoms with Gasteiger partial charge < -0.3 is 14.6 Å². The summed E-state index contributed by atoms with van der Waals surface area (Å²) in [6.45, 7) is 3.89. The van der Waals surface area contributed by atoms with Gasteiger partial charge in [0.25, 0.3) is 0 Å². The van der Waals surface area contributed by atoms with E-state index in [0.717, 1.165) is 4.90 Å². The molecule has 0 bridgehead atoms. The minimum absolute atomic E-state index is 0.264. The first kappa shape index (κ1) is 14.7. The van der Waals surface area contributed by atoms with Gasteiger partial charge in [-0.2, -0.15) is 0 Å². The number of benzene rings is 1. The minimum Gasteiger partial charge on any atom is -0.529 e. The van der Waals surface area contributed by atoms with E-state index in [1.807, 2.05) is 0 Å². The van der Waals surface area contributed by atoms with E-state index in [-0.39, 0.29) is 10.7 Å². The molecule has 0 heterocycles. The van der Waals surface area contributed by atoms with Crippen molar-refractivity contribution in [3.63, 3.8) is 0 Å². The van der Waals surface area contributed by atoms with Gasteiger partial charge in [0, 0.05) is 11.2 Å². The summed E-state index contributed by atoms with van der Waals surface area (Å²) < 4.78 is 4.96. The lowest BCUT2D eigenvalue weighted by atomic mass is 10.2. The van der Waals surface area contributed by atoms with Crippen molar-refractivity contribution < 1.29 is 14.6 Å². The number of ether oxygens (including phenoxy) is 1. The number of hydrogen-bond acceptors (Lipinski definition) is 3. The van der Waals surface area contributed by atoms with Crippen LogP contribution >= 0.6 is 23.2 Å². The highest BCUT2D eigenvalue weighted by Gasteiger charge is 2.14. The summed E-state index contributed by atoms with van der Waals surface area (Å²) in [6.07, 6.45) is 1.06. The van der Waals surface area contributed by atoms with Crippen LogP contribution in [0.5, 0.6) is 0 Å². The molecule has 6 heteroatoms. The van der Waals surface area contributed by atoms with E-state index in [1.54, 1.807) is 19.9 Å². The first-order chi connectivity index (χ1) is 8.49. The van der Waals surface area contributed by atoms with E-state index in [2.05, 4.69) is 0 Å². The van der Waals surface area contributed by atoms with Crippen LogP contribution in [0.2, 0.25) is 10.0 Å². The maximum atomic E-state index is 11.1. The third-order valence-electron chi connectivity index (χ3n) is 2.23. The molecule has 4 nitrogen and oxygen atoms in total. The average molecular weight is 289 g/mol. The smallest absolute Gasteiger partial charge is 0.146 e.